The van der Waals surface area contributed by atoms with Crippen molar-refractivity contribution < 1.29 is 18.3 Å². The van der Waals surface area contributed by atoms with Gasteiger partial charge in [0.05, 0.1) is 4.90 Å². The molecule has 0 saturated carbocycles. The number of carboxylic acid groups (broad SMARTS) is 1. The van der Waals surface area contributed by atoms with Gasteiger partial charge in [-0.15, -0.1) is 0 Å². The Labute approximate surface area is 170 Å². The number of carboxylic acids is 1. The van der Waals surface area contributed by atoms with Crippen LogP contribution in [0.5, 0.6) is 0 Å². The molecule has 0 amide bonds. The molecule has 0 radical (unpaired) electrons. The number of rotatable bonds is 7. The largest absolute Gasteiger partial charge is 0.480 e. The maximum absolute atomic E-state index is 12.7. The predicted molar refractivity (Wildman–Crippen MR) is 113 cm³/mol. The third kappa shape index (κ3) is 5.01. The highest BCUT2D eigenvalue weighted by Gasteiger charge is 2.17. The lowest BCUT2D eigenvalue weighted by Crippen LogP contribution is -2.32. The molecule has 150 valence electrons. The van der Waals surface area contributed by atoms with E-state index in [4.69, 9.17) is 10.8 Å². The number of aryl methyl sites for hydroxylation is 1. The van der Waals surface area contributed by atoms with Crippen LogP contribution in [-0.2, 0) is 21.2 Å². The van der Waals surface area contributed by atoms with Crippen molar-refractivity contribution in [1.29, 1.82) is 0 Å². The third-order valence-electron chi connectivity index (χ3n) is 4.63. The van der Waals surface area contributed by atoms with Crippen molar-refractivity contribution in [2.45, 2.75) is 24.3 Å². The van der Waals surface area contributed by atoms with Crippen LogP contribution in [0.2, 0.25) is 0 Å². The van der Waals surface area contributed by atoms with Crippen LogP contribution in [0.3, 0.4) is 0 Å². The highest BCUT2D eigenvalue weighted by molar-refractivity contribution is 7.92. The summed E-state index contributed by atoms with van der Waals surface area (Å²) in [7, 11) is -3.78. The van der Waals surface area contributed by atoms with Crippen molar-refractivity contribution in [3.63, 3.8) is 0 Å². The fraction of sp³-hybridized carbons (Fsp3) is 0.136. The van der Waals surface area contributed by atoms with Crippen molar-refractivity contribution in [3.05, 3.63) is 83.9 Å². The average Bonchev–Trinajstić information content (AvgIpc) is 2.71. The fourth-order valence-electron chi connectivity index (χ4n) is 2.95. The molecule has 0 heterocycles. The van der Waals surface area contributed by atoms with Gasteiger partial charge in [0.1, 0.15) is 6.04 Å². The first-order chi connectivity index (χ1) is 13.8. The first-order valence-electron chi connectivity index (χ1n) is 9.02. The fourth-order valence-corrected chi connectivity index (χ4v) is 4.00. The summed E-state index contributed by atoms with van der Waals surface area (Å²) in [5.41, 5.74) is 9.41. The number of nitrogens with two attached hydrogens (primary N) is 1. The van der Waals surface area contributed by atoms with Gasteiger partial charge in [0.25, 0.3) is 10.0 Å². The molecule has 0 aliphatic heterocycles. The zero-order chi connectivity index (χ0) is 21.0. The Morgan fingerprint density at radius 2 is 1.62 bits per heavy atom. The molecule has 1 atom stereocenters. The van der Waals surface area contributed by atoms with E-state index in [1.165, 1.54) is 0 Å². The highest BCUT2D eigenvalue weighted by Crippen LogP contribution is 2.24. The van der Waals surface area contributed by atoms with Crippen LogP contribution >= 0.6 is 0 Å². The van der Waals surface area contributed by atoms with E-state index in [-0.39, 0.29) is 11.3 Å². The molecule has 6 nitrogen and oxygen atoms in total. The number of sulfonamides is 1. The van der Waals surface area contributed by atoms with Crippen LogP contribution in [-0.4, -0.2) is 25.5 Å². The molecular formula is C22H22N2O4S. The summed E-state index contributed by atoms with van der Waals surface area (Å²) in [5, 5.41) is 9.01. The Morgan fingerprint density at radius 3 is 2.24 bits per heavy atom. The van der Waals surface area contributed by atoms with Crippen LogP contribution in [0.15, 0.2) is 77.7 Å². The minimum Gasteiger partial charge on any atom is -0.480 e. The zero-order valence-corrected chi connectivity index (χ0v) is 16.7. The van der Waals surface area contributed by atoms with Gasteiger partial charge in [-0.2, -0.15) is 0 Å². The molecule has 0 bridgehead atoms. The lowest BCUT2D eigenvalue weighted by Gasteiger charge is -2.13. The quantitative estimate of drug-likeness (QED) is 0.553. The molecule has 0 aliphatic rings. The van der Waals surface area contributed by atoms with Crippen molar-refractivity contribution in [2.75, 3.05) is 4.72 Å². The topological polar surface area (TPSA) is 109 Å². The summed E-state index contributed by atoms with van der Waals surface area (Å²) in [6.07, 6.45) is 0.114. The molecule has 0 spiro atoms. The molecule has 3 aromatic rings. The van der Waals surface area contributed by atoms with Crippen LogP contribution in [0.25, 0.3) is 11.1 Å². The molecule has 3 rings (SSSR count). The highest BCUT2D eigenvalue weighted by atomic mass is 32.2. The monoisotopic (exact) mass is 410 g/mol. The summed E-state index contributed by atoms with van der Waals surface area (Å²) in [6.45, 7) is 1.82. The van der Waals surface area contributed by atoms with Gasteiger partial charge in [-0.1, -0.05) is 48.5 Å². The second-order valence-electron chi connectivity index (χ2n) is 6.79. The lowest BCUT2D eigenvalue weighted by atomic mass is 10.0. The van der Waals surface area contributed by atoms with Crippen LogP contribution in [0.1, 0.15) is 11.1 Å². The van der Waals surface area contributed by atoms with E-state index in [0.29, 0.717) is 11.3 Å². The normalized spacial score (nSPS) is 12.3. The Bertz CT molecular complexity index is 1110. The maximum atomic E-state index is 12.7. The van der Waals surface area contributed by atoms with E-state index >= 15 is 0 Å². The van der Waals surface area contributed by atoms with Gasteiger partial charge in [-0.3, -0.25) is 9.52 Å². The van der Waals surface area contributed by atoms with Gasteiger partial charge < -0.3 is 10.8 Å². The van der Waals surface area contributed by atoms with Crippen molar-refractivity contribution in [2.24, 2.45) is 5.73 Å². The van der Waals surface area contributed by atoms with Crippen LogP contribution < -0.4 is 10.5 Å². The van der Waals surface area contributed by atoms with Crippen molar-refractivity contribution >= 4 is 21.7 Å². The minimum atomic E-state index is -3.78. The van der Waals surface area contributed by atoms with E-state index in [9.17, 15) is 13.2 Å². The maximum Gasteiger partial charge on any atom is 0.320 e. The molecule has 0 aliphatic carbocycles. The Balaban J connectivity index is 1.81. The molecular weight excluding hydrogens is 388 g/mol. The van der Waals surface area contributed by atoms with Crippen LogP contribution in [0, 0.1) is 6.92 Å². The summed E-state index contributed by atoms with van der Waals surface area (Å²) in [5.74, 6) is -1.10. The molecule has 0 saturated heterocycles. The number of nitrogens with one attached hydrogen (secondary N) is 1. The molecule has 3 aromatic carbocycles. The first-order valence-corrected chi connectivity index (χ1v) is 10.5. The second-order valence-corrected chi connectivity index (χ2v) is 8.47. The van der Waals surface area contributed by atoms with Crippen molar-refractivity contribution in [1.82, 2.24) is 0 Å². The Hall–Kier alpha value is -3.16. The molecule has 7 heteroatoms. The summed E-state index contributed by atoms with van der Waals surface area (Å²) in [4.78, 5) is 11.1. The zero-order valence-electron chi connectivity index (χ0n) is 15.9. The van der Waals surface area contributed by atoms with E-state index in [1.807, 2.05) is 37.3 Å². The summed E-state index contributed by atoms with van der Waals surface area (Å²) in [6, 6.07) is 20.3. The summed E-state index contributed by atoms with van der Waals surface area (Å²) < 4.78 is 28.0. The lowest BCUT2D eigenvalue weighted by molar-refractivity contribution is -0.138. The van der Waals surface area contributed by atoms with Gasteiger partial charge in [-0.25, -0.2) is 8.42 Å². The molecule has 29 heavy (non-hydrogen) atoms. The van der Waals surface area contributed by atoms with E-state index in [0.717, 1.165) is 16.7 Å². The number of benzene rings is 3. The third-order valence-corrected chi connectivity index (χ3v) is 6.03. The smallest absolute Gasteiger partial charge is 0.320 e. The molecule has 0 unspecified atom stereocenters. The predicted octanol–water partition coefficient (Wildman–Crippen LogP) is 3.42. The molecule has 4 N–H and O–H groups in total. The number of hydrogen-bond donors (Lipinski definition) is 3. The van der Waals surface area contributed by atoms with Gasteiger partial charge in [0.2, 0.25) is 0 Å². The first kappa shape index (κ1) is 20.6. The van der Waals surface area contributed by atoms with Gasteiger partial charge in [-0.05, 0) is 59.9 Å². The van der Waals surface area contributed by atoms with E-state index < -0.39 is 22.0 Å². The average molecular weight is 410 g/mol. The number of aliphatic carboxylic acids is 1. The van der Waals surface area contributed by atoms with Gasteiger partial charge in [0, 0.05) is 5.69 Å². The standard InChI is InChI=1S/C22H22N2O4S/c1-15-7-10-19(13-18(15)14-21(23)22(25)26)24-29(27,28)20-11-8-17(9-12-20)16-5-3-2-4-6-16/h2-13,21,24H,14,23H2,1H3,(H,25,26)/t21-/m0/s1. The van der Waals surface area contributed by atoms with E-state index in [2.05, 4.69) is 4.72 Å². The van der Waals surface area contributed by atoms with E-state index in [1.54, 1.807) is 42.5 Å². The van der Waals surface area contributed by atoms with Crippen LogP contribution in [0.4, 0.5) is 5.69 Å². The molecule has 0 fully saturated rings. The minimum absolute atomic E-state index is 0.114. The second kappa shape index (κ2) is 8.46. The number of carbonyl (C=O) groups is 1. The van der Waals surface area contributed by atoms with Gasteiger partial charge in [0.15, 0.2) is 0 Å². The number of anilines is 1. The molecule has 0 aromatic heterocycles. The summed E-state index contributed by atoms with van der Waals surface area (Å²) >= 11 is 0. The Kier molecular flexibility index (Phi) is 6.00. The van der Waals surface area contributed by atoms with Crippen molar-refractivity contribution in [3.8, 4) is 11.1 Å². The SMILES string of the molecule is Cc1ccc(NS(=O)(=O)c2ccc(-c3ccccc3)cc2)cc1C[C@H](N)C(=O)O. The Morgan fingerprint density at radius 1 is 1.00 bits per heavy atom. The van der Waals surface area contributed by atoms with Gasteiger partial charge >= 0.3 is 5.97 Å². The number of hydrogen-bond acceptors (Lipinski definition) is 4.